The normalized spacial score (nSPS) is 25.0. The Morgan fingerprint density at radius 1 is 1.14 bits per heavy atom. The van der Waals surface area contributed by atoms with Crippen LogP contribution in [0.3, 0.4) is 0 Å². The van der Waals surface area contributed by atoms with Gasteiger partial charge in [0.25, 0.3) is 0 Å². The average molecular weight is 603 g/mol. The number of amides is 2. The van der Waals surface area contributed by atoms with Gasteiger partial charge in [0.2, 0.25) is 15.9 Å². The maximum absolute atomic E-state index is 13.7. The zero-order valence-corrected chi connectivity index (χ0v) is 23.6. The number of benzene rings is 2. The van der Waals surface area contributed by atoms with Gasteiger partial charge in [0, 0.05) is 25.6 Å². The van der Waals surface area contributed by atoms with Crippen molar-refractivity contribution in [1.29, 1.82) is 0 Å². The van der Waals surface area contributed by atoms with Crippen LogP contribution in [0.15, 0.2) is 64.7 Å². The zero-order chi connectivity index (χ0) is 29.7. The summed E-state index contributed by atoms with van der Waals surface area (Å²) in [6.45, 7) is 0.244. The lowest BCUT2D eigenvalue weighted by atomic mass is 10.0. The molecule has 0 aliphatic carbocycles. The summed E-state index contributed by atoms with van der Waals surface area (Å²) in [5.74, 6) is -0.257. The van der Waals surface area contributed by atoms with Crippen LogP contribution in [0.5, 0.6) is 0 Å². The van der Waals surface area contributed by atoms with Gasteiger partial charge in [-0.2, -0.15) is 4.31 Å². The molecule has 3 saturated heterocycles. The van der Waals surface area contributed by atoms with Crippen LogP contribution < -0.4 is 10.6 Å². The topological polar surface area (TPSA) is 173 Å². The zero-order valence-electron chi connectivity index (χ0n) is 22.8. The van der Waals surface area contributed by atoms with Crippen LogP contribution in [-0.2, 0) is 35.4 Å². The van der Waals surface area contributed by atoms with Crippen molar-refractivity contribution in [2.75, 3.05) is 26.3 Å². The number of nitrogens with zero attached hydrogens (tertiary/aromatic N) is 2. The first-order chi connectivity index (χ1) is 20.2. The first-order valence-corrected chi connectivity index (χ1v) is 15.3. The molecule has 3 aliphatic rings. The monoisotopic (exact) mass is 602 g/mol. The van der Waals surface area contributed by atoms with Crippen LogP contribution >= 0.6 is 0 Å². The van der Waals surface area contributed by atoms with E-state index in [9.17, 15) is 28.0 Å². The fourth-order valence-electron chi connectivity index (χ4n) is 5.52. The molecule has 2 aromatic rings. The number of nitrogens with one attached hydrogen (secondary N) is 2. The Kier molecular flexibility index (Phi) is 9.48. The number of hydrogen-bond acceptors (Lipinski definition) is 10. The third-order valence-corrected chi connectivity index (χ3v) is 9.64. The van der Waals surface area contributed by atoms with Crippen LogP contribution in [0.2, 0.25) is 0 Å². The summed E-state index contributed by atoms with van der Waals surface area (Å²) in [6.07, 6.45) is -1.42. The Balaban J connectivity index is 1.35. The number of carbonyl (C=O) groups excluding carboxylic acids is 2. The van der Waals surface area contributed by atoms with Gasteiger partial charge in [-0.15, -0.1) is 4.91 Å². The number of ether oxygens (including phenoxy) is 3. The predicted octanol–water partition coefficient (Wildman–Crippen LogP) is 1.81. The van der Waals surface area contributed by atoms with E-state index in [0.29, 0.717) is 19.4 Å². The van der Waals surface area contributed by atoms with E-state index in [4.69, 9.17) is 14.2 Å². The molecule has 0 spiro atoms. The highest BCUT2D eigenvalue weighted by molar-refractivity contribution is 7.89. The van der Waals surface area contributed by atoms with Crippen LogP contribution in [-0.4, -0.2) is 86.7 Å². The maximum atomic E-state index is 13.7. The molecule has 3 fully saturated rings. The minimum absolute atomic E-state index is 0.0670. The number of carbonyl (C=O) groups is 2. The van der Waals surface area contributed by atoms with E-state index < -0.39 is 46.7 Å². The van der Waals surface area contributed by atoms with Crippen LogP contribution in [0.25, 0.3) is 0 Å². The van der Waals surface area contributed by atoms with Crippen molar-refractivity contribution in [3.8, 4) is 0 Å². The lowest BCUT2D eigenvalue weighted by Gasteiger charge is -2.31. The number of sulfonamides is 1. The smallest absolute Gasteiger partial charge is 0.407 e. The Hall–Kier alpha value is -3.43. The maximum Gasteiger partial charge on any atom is 0.407 e. The van der Waals surface area contributed by atoms with Gasteiger partial charge in [-0.3, -0.25) is 4.79 Å². The molecule has 42 heavy (non-hydrogen) atoms. The SMILES string of the molecule is O=Nc1ccc(S(=O)(=O)N(CC(O)C(Cc2ccccc2)NC(=O)OC2CO[C@H]3OCC[C@@H]23)C[C@H]2CCC(=O)N2)cc1. The Bertz CT molecular complexity index is 1360. The molecule has 226 valence electrons. The highest BCUT2D eigenvalue weighted by Gasteiger charge is 2.44. The summed E-state index contributed by atoms with van der Waals surface area (Å²) >= 11 is 0. The number of nitroso groups, excluding NO2 is 1. The highest BCUT2D eigenvalue weighted by Crippen LogP contribution is 2.33. The van der Waals surface area contributed by atoms with E-state index in [1.807, 2.05) is 30.3 Å². The highest BCUT2D eigenvalue weighted by atomic mass is 32.2. The molecular weight excluding hydrogens is 568 g/mol. The molecule has 6 atom stereocenters. The molecular formula is C28H34N4O9S. The van der Waals surface area contributed by atoms with Crippen molar-refractivity contribution in [2.45, 2.75) is 61.2 Å². The number of rotatable bonds is 12. The molecule has 3 heterocycles. The molecule has 3 unspecified atom stereocenters. The molecule has 0 saturated carbocycles. The van der Waals surface area contributed by atoms with Crippen molar-refractivity contribution in [3.05, 3.63) is 65.1 Å². The second-order valence-electron chi connectivity index (χ2n) is 10.7. The Labute approximate surface area is 243 Å². The summed E-state index contributed by atoms with van der Waals surface area (Å²) in [5.41, 5.74) is 0.877. The van der Waals surface area contributed by atoms with Crippen molar-refractivity contribution in [3.63, 3.8) is 0 Å². The van der Waals surface area contributed by atoms with Gasteiger partial charge in [-0.25, -0.2) is 13.2 Å². The van der Waals surface area contributed by atoms with Crippen LogP contribution in [0, 0.1) is 10.8 Å². The molecule has 2 amide bonds. The summed E-state index contributed by atoms with van der Waals surface area (Å²) in [7, 11) is -4.19. The first kappa shape index (κ1) is 30.0. The van der Waals surface area contributed by atoms with Gasteiger partial charge in [0.15, 0.2) is 6.29 Å². The fourth-order valence-corrected chi connectivity index (χ4v) is 7.02. The van der Waals surface area contributed by atoms with Gasteiger partial charge in [-0.1, -0.05) is 30.3 Å². The number of aliphatic hydroxyl groups excluding tert-OH is 1. The summed E-state index contributed by atoms with van der Waals surface area (Å²) in [4.78, 5) is 35.6. The molecule has 3 aliphatic heterocycles. The minimum atomic E-state index is -4.19. The summed E-state index contributed by atoms with van der Waals surface area (Å²) in [5, 5.41) is 19.8. The van der Waals surface area contributed by atoms with Gasteiger partial charge in [-0.05, 0) is 54.3 Å². The quantitative estimate of drug-likeness (QED) is 0.306. The van der Waals surface area contributed by atoms with Gasteiger partial charge < -0.3 is 30.0 Å². The van der Waals surface area contributed by atoms with Crippen molar-refractivity contribution >= 4 is 27.7 Å². The van der Waals surface area contributed by atoms with Crippen LogP contribution in [0.4, 0.5) is 10.5 Å². The van der Waals surface area contributed by atoms with Crippen molar-refractivity contribution in [1.82, 2.24) is 14.9 Å². The molecule has 3 N–H and O–H groups in total. The van der Waals surface area contributed by atoms with Gasteiger partial charge >= 0.3 is 6.09 Å². The van der Waals surface area contributed by atoms with Crippen molar-refractivity contribution < 1.29 is 37.3 Å². The number of alkyl carbamates (subject to hydrolysis) is 1. The van der Waals surface area contributed by atoms with E-state index in [0.717, 1.165) is 9.87 Å². The van der Waals surface area contributed by atoms with Crippen molar-refractivity contribution in [2.24, 2.45) is 11.1 Å². The average Bonchev–Trinajstić information content (AvgIpc) is 3.72. The summed E-state index contributed by atoms with van der Waals surface area (Å²) in [6, 6.07) is 12.9. The third-order valence-electron chi connectivity index (χ3n) is 7.79. The molecule has 0 aromatic heterocycles. The van der Waals surface area contributed by atoms with E-state index in [2.05, 4.69) is 15.8 Å². The van der Waals surface area contributed by atoms with Gasteiger partial charge in [0.05, 0.1) is 36.2 Å². The second-order valence-corrected chi connectivity index (χ2v) is 12.6. The first-order valence-electron chi connectivity index (χ1n) is 13.9. The van der Waals surface area contributed by atoms with Crippen LogP contribution in [0.1, 0.15) is 24.8 Å². The summed E-state index contributed by atoms with van der Waals surface area (Å²) < 4.78 is 45.2. The number of hydrogen-bond donors (Lipinski definition) is 3. The largest absolute Gasteiger partial charge is 0.443 e. The fraction of sp³-hybridized carbons (Fsp3) is 0.500. The molecule has 0 radical (unpaired) electrons. The second kappa shape index (κ2) is 13.3. The number of fused-ring (bicyclic) bond motifs is 1. The lowest BCUT2D eigenvalue weighted by Crippen LogP contribution is -2.53. The van der Waals surface area contributed by atoms with E-state index in [-0.39, 0.29) is 54.9 Å². The number of aliphatic hydroxyl groups is 1. The standard InChI is InChI=1S/C28H34N4O9S/c33-24(16-32(15-20-8-11-26(34)29-20)42(37,38)21-9-6-19(31-36)7-10-21)23(14-18-4-2-1-3-5-18)30-28(35)41-25-17-40-27-22(25)12-13-39-27/h1-7,9-10,20,22-25,27,33H,8,11-17H2,(H,29,34)(H,30,35)/t20-,22+,23?,24?,25?,27-/m1/s1. The third kappa shape index (κ3) is 7.13. The van der Waals surface area contributed by atoms with E-state index in [1.54, 1.807) is 0 Å². The molecule has 5 rings (SSSR count). The van der Waals surface area contributed by atoms with Gasteiger partial charge in [0.1, 0.15) is 11.8 Å². The Morgan fingerprint density at radius 3 is 2.60 bits per heavy atom. The molecule has 13 nitrogen and oxygen atoms in total. The molecule has 2 aromatic carbocycles. The lowest BCUT2D eigenvalue weighted by molar-refractivity contribution is -0.119. The Morgan fingerprint density at radius 2 is 1.90 bits per heavy atom. The minimum Gasteiger partial charge on any atom is -0.443 e. The molecule has 14 heteroatoms. The van der Waals surface area contributed by atoms with E-state index >= 15 is 0 Å². The predicted molar refractivity (Wildman–Crippen MR) is 149 cm³/mol. The van der Waals surface area contributed by atoms with E-state index in [1.165, 1.54) is 24.3 Å². The molecule has 0 bridgehead atoms.